The highest BCUT2D eigenvalue weighted by molar-refractivity contribution is 5.98. The van der Waals surface area contributed by atoms with E-state index in [1.807, 2.05) is 25.2 Å². The number of carbonyl (C=O) groups excluding carboxylic acids is 1. The summed E-state index contributed by atoms with van der Waals surface area (Å²) in [5.74, 6) is 0.857. The van der Waals surface area contributed by atoms with E-state index in [1.165, 1.54) is 5.56 Å². The molecule has 1 unspecified atom stereocenters. The van der Waals surface area contributed by atoms with Crippen molar-refractivity contribution in [1.29, 1.82) is 0 Å². The van der Waals surface area contributed by atoms with Crippen LogP contribution >= 0.6 is 0 Å². The van der Waals surface area contributed by atoms with E-state index in [0.717, 1.165) is 37.2 Å². The van der Waals surface area contributed by atoms with Crippen molar-refractivity contribution in [2.45, 2.75) is 32.2 Å². The third-order valence-electron chi connectivity index (χ3n) is 3.70. The first-order valence-electron chi connectivity index (χ1n) is 6.85. The molecule has 1 N–H and O–H groups in total. The summed E-state index contributed by atoms with van der Waals surface area (Å²) in [6, 6.07) is 5.94. The highest BCUT2D eigenvalue weighted by Gasteiger charge is 2.27. The van der Waals surface area contributed by atoms with Crippen molar-refractivity contribution >= 4 is 11.6 Å². The Hall–Kier alpha value is -1.55. The van der Waals surface area contributed by atoms with Gasteiger partial charge in [-0.3, -0.25) is 4.79 Å². The summed E-state index contributed by atoms with van der Waals surface area (Å²) in [4.78, 5) is 14.1. The maximum absolute atomic E-state index is 12.4. The quantitative estimate of drug-likeness (QED) is 0.902. The van der Waals surface area contributed by atoms with E-state index >= 15 is 0 Å². The van der Waals surface area contributed by atoms with E-state index in [0.29, 0.717) is 0 Å². The second-order valence-corrected chi connectivity index (χ2v) is 4.91. The fourth-order valence-corrected chi connectivity index (χ4v) is 2.47. The second kappa shape index (κ2) is 6.06. The zero-order valence-electron chi connectivity index (χ0n) is 11.9. The Morgan fingerprint density at radius 3 is 2.89 bits per heavy atom. The van der Waals surface area contributed by atoms with Crippen LogP contribution in [0.1, 0.15) is 25.3 Å². The summed E-state index contributed by atoms with van der Waals surface area (Å²) < 4.78 is 5.36. The molecular weight excluding hydrogens is 240 g/mol. The number of nitrogens with one attached hydrogen (secondary N) is 1. The molecule has 1 fully saturated rings. The van der Waals surface area contributed by atoms with E-state index in [4.69, 9.17) is 4.74 Å². The molecule has 1 aromatic rings. The molecule has 0 saturated carbocycles. The number of likely N-dealkylation sites (N-methyl/N-ethyl adjacent to an activating group) is 1. The molecule has 1 atom stereocenters. The largest absolute Gasteiger partial charge is 0.495 e. The van der Waals surface area contributed by atoms with Gasteiger partial charge in [-0.05, 0) is 43.5 Å². The molecule has 104 valence electrons. The highest BCUT2D eigenvalue weighted by Crippen LogP contribution is 2.29. The van der Waals surface area contributed by atoms with Crippen molar-refractivity contribution in [2.24, 2.45) is 0 Å². The molecule has 1 heterocycles. The molecule has 0 aromatic heterocycles. The number of carbonyl (C=O) groups is 1. The van der Waals surface area contributed by atoms with Crippen molar-refractivity contribution in [3.63, 3.8) is 0 Å². The second-order valence-electron chi connectivity index (χ2n) is 4.91. The average Bonchev–Trinajstić information content (AvgIpc) is 2.99. The van der Waals surface area contributed by atoms with Crippen molar-refractivity contribution in [1.82, 2.24) is 5.32 Å². The number of amides is 1. The van der Waals surface area contributed by atoms with Gasteiger partial charge >= 0.3 is 0 Å². The zero-order chi connectivity index (χ0) is 13.8. The molecule has 1 aliphatic rings. The van der Waals surface area contributed by atoms with Crippen LogP contribution in [0.2, 0.25) is 0 Å². The molecule has 0 radical (unpaired) electrons. The number of anilines is 1. The summed E-state index contributed by atoms with van der Waals surface area (Å²) >= 11 is 0. The summed E-state index contributed by atoms with van der Waals surface area (Å²) in [6.07, 6.45) is 2.93. The van der Waals surface area contributed by atoms with E-state index in [2.05, 4.69) is 12.2 Å². The van der Waals surface area contributed by atoms with Crippen LogP contribution in [0.15, 0.2) is 18.2 Å². The topological polar surface area (TPSA) is 41.6 Å². The number of aryl methyl sites for hydroxylation is 1. The number of methoxy groups -OCH3 is 1. The average molecular weight is 262 g/mol. The minimum atomic E-state index is -0.0556. The van der Waals surface area contributed by atoms with Crippen molar-refractivity contribution < 1.29 is 9.53 Å². The SMILES string of the molecule is CCc1ccc(OC)c(N(C)C(=O)C2CCCN2)c1. The smallest absolute Gasteiger partial charge is 0.243 e. The Labute approximate surface area is 114 Å². The van der Waals surface area contributed by atoms with Gasteiger partial charge in [-0.15, -0.1) is 0 Å². The van der Waals surface area contributed by atoms with Gasteiger partial charge in [0, 0.05) is 7.05 Å². The van der Waals surface area contributed by atoms with Crippen LogP contribution in [0, 0.1) is 0 Å². The Morgan fingerprint density at radius 2 is 2.32 bits per heavy atom. The lowest BCUT2D eigenvalue weighted by Gasteiger charge is -2.23. The van der Waals surface area contributed by atoms with E-state index < -0.39 is 0 Å². The van der Waals surface area contributed by atoms with Gasteiger partial charge in [0.1, 0.15) is 5.75 Å². The van der Waals surface area contributed by atoms with Gasteiger partial charge in [-0.1, -0.05) is 13.0 Å². The van der Waals surface area contributed by atoms with Crippen LogP contribution in [0.3, 0.4) is 0 Å². The molecular formula is C15H22N2O2. The van der Waals surface area contributed by atoms with Crippen LogP contribution in [0.4, 0.5) is 5.69 Å². The summed E-state index contributed by atoms with van der Waals surface area (Å²) in [5, 5.41) is 3.24. The van der Waals surface area contributed by atoms with Gasteiger partial charge in [0.05, 0.1) is 18.8 Å². The number of hydrogen-bond donors (Lipinski definition) is 1. The minimum Gasteiger partial charge on any atom is -0.495 e. The predicted octanol–water partition coefficient (Wildman–Crippen LogP) is 1.97. The zero-order valence-corrected chi connectivity index (χ0v) is 11.9. The van der Waals surface area contributed by atoms with Crippen LogP contribution in [-0.4, -0.2) is 32.7 Å². The molecule has 0 spiro atoms. The monoisotopic (exact) mass is 262 g/mol. The lowest BCUT2D eigenvalue weighted by molar-refractivity contribution is -0.119. The molecule has 0 aliphatic carbocycles. The molecule has 1 aromatic carbocycles. The Bertz CT molecular complexity index is 453. The predicted molar refractivity (Wildman–Crippen MR) is 76.8 cm³/mol. The summed E-state index contributed by atoms with van der Waals surface area (Å²) in [5.41, 5.74) is 2.05. The van der Waals surface area contributed by atoms with Crippen LogP contribution < -0.4 is 15.0 Å². The fourth-order valence-electron chi connectivity index (χ4n) is 2.47. The highest BCUT2D eigenvalue weighted by atomic mass is 16.5. The minimum absolute atomic E-state index is 0.0556. The number of ether oxygens (including phenoxy) is 1. The van der Waals surface area contributed by atoms with Crippen LogP contribution in [0.25, 0.3) is 0 Å². The molecule has 0 bridgehead atoms. The van der Waals surface area contributed by atoms with Crippen molar-refractivity contribution in [2.75, 3.05) is 25.6 Å². The summed E-state index contributed by atoms with van der Waals surface area (Å²) in [7, 11) is 3.45. The first kappa shape index (κ1) is 13.9. The van der Waals surface area contributed by atoms with Gasteiger partial charge in [-0.2, -0.15) is 0 Å². The van der Waals surface area contributed by atoms with E-state index in [9.17, 15) is 4.79 Å². The number of benzene rings is 1. The van der Waals surface area contributed by atoms with Gasteiger partial charge in [0.2, 0.25) is 5.91 Å². The first-order chi connectivity index (χ1) is 9.17. The van der Waals surface area contributed by atoms with Crippen LogP contribution in [0.5, 0.6) is 5.75 Å². The standard InChI is InChI=1S/C15H22N2O2/c1-4-11-7-8-14(19-3)13(10-11)17(2)15(18)12-6-5-9-16-12/h7-8,10,12,16H,4-6,9H2,1-3H3. The molecule has 1 saturated heterocycles. The van der Waals surface area contributed by atoms with E-state index in [-0.39, 0.29) is 11.9 Å². The van der Waals surface area contributed by atoms with Gasteiger partial charge in [-0.25, -0.2) is 0 Å². The van der Waals surface area contributed by atoms with Crippen molar-refractivity contribution in [3.05, 3.63) is 23.8 Å². The Kier molecular flexibility index (Phi) is 4.43. The van der Waals surface area contributed by atoms with Crippen LogP contribution in [-0.2, 0) is 11.2 Å². The molecule has 19 heavy (non-hydrogen) atoms. The third-order valence-corrected chi connectivity index (χ3v) is 3.70. The van der Waals surface area contributed by atoms with Gasteiger partial charge in [0.25, 0.3) is 0 Å². The van der Waals surface area contributed by atoms with E-state index in [1.54, 1.807) is 12.0 Å². The normalized spacial score (nSPS) is 18.4. The third kappa shape index (κ3) is 2.89. The number of hydrogen-bond acceptors (Lipinski definition) is 3. The lowest BCUT2D eigenvalue weighted by atomic mass is 10.1. The van der Waals surface area contributed by atoms with Gasteiger partial charge in [0.15, 0.2) is 0 Å². The maximum Gasteiger partial charge on any atom is 0.243 e. The molecule has 1 amide bonds. The maximum atomic E-state index is 12.4. The van der Waals surface area contributed by atoms with Gasteiger partial charge < -0.3 is 15.0 Å². The molecule has 1 aliphatic heterocycles. The molecule has 4 heteroatoms. The molecule has 2 rings (SSSR count). The lowest BCUT2D eigenvalue weighted by Crippen LogP contribution is -2.41. The molecule has 4 nitrogen and oxygen atoms in total. The number of rotatable bonds is 4. The summed E-state index contributed by atoms with van der Waals surface area (Å²) in [6.45, 7) is 3.03. The Balaban J connectivity index is 2.25. The fraction of sp³-hybridized carbons (Fsp3) is 0.533. The number of nitrogens with zero attached hydrogens (tertiary/aromatic N) is 1. The Morgan fingerprint density at radius 1 is 1.53 bits per heavy atom. The first-order valence-corrected chi connectivity index (χ1v) is 6.85. The van der Waals surface area contributed by atoms with Crippen molar-refractivity contribution in [3.8, 4) is 5.75 Å².